The molecule has 0 aliphatic heterocycles. The summed E-state index contributed by atoms with van der Waals surface area (Å²) in [5.74, 6) is -0.399. The van der Waals surface area contributed by atoms with Gasteiger partial charge in [0.1, 0.15) is 4.21 Å². The molecule has 0 bridgehead atoms. The van der Waals surface area contributed by atoms with Gasteiger partial charge in [-0.1, -0.05) is 18.2 Å². The molecule has 32 heavy (non-hydrogen) atoms. The van der Waals surface area contributed by atoms with Gasteiger partial charge in [0.05, 0.1) is 4.90 Å². The molecule has 1 aromatic heterocycles. The third-order valence-electron chi connectivity index (χ3n) is 4.50. The van der Waals surface area contributed by atoms with Crippen LogP contribution in [-0.4, -0.2) is 35.8 Å². The van der Waals surface area contributed by atoms with E-state index in [1.54, 1.807) is 30.5 Å². The summed E-state index contributed by atoms with van der Waals surface area (Å²) in [7, 11) is -7.34. The third kappa shape index (κ3) is 5.94. The van der Waals surface area contributed by atoms with Crippen molar-refractivity contribution < 1.29 is 21.6 Å². The van der Waals surface area contributed by atoms with Gasteiger partial charge in [0.25, 0.3) is 15.9 Å². The van der Waals surface area contributed by atoms with E-state index in [0.29, 0.717) is 16.8 Å². The number of anilines is 1. The van der Waals surface area contributed by atoms with Gasteiger partial charge in [0, 0.05) is 24.3 Å². The topological polar surface area (TPSA) is 121 Å². The predicted molar refractivity (Wildman–Crippen MR) is 125 cm³/mol. The number of carbonyl (C=O) groups is 1. The highest BCUT2D eigenvalue weighted by atomic mass is 32.2. The van der Waals surface area contributed by atoms with Gasteiger partial charge in [-0.2, -0.15) is 0 Å². The fourth-order valence-electron chi connectivity index (χ4n) is 2.85. The average molecular weight is 494 g/mol. The minimum Gasteiger partial charge on any atom is -0.351 e. The van der Waals surface area contributed by atoms with Crippen LogP contribution < -0.4 is 14.8 Å². The highest BCUT2D eigenvalue weighted by molar-refractivity contribution is 7.94. The normalized spacial score (nSPS) is 11.8. The van der Waals surface area contributed by atoms with Gasteiger partial charge in [-0.05, 0) is 66.8 Å². The lowest BCUT2D eigenvalue weighted by Crippen LogP contribution is -2.35. The number of hydrogen-bond donors (Lipinski definition) is 3. The molecule has 2 aromatic carbocycles. The highest BCUT2D eigenvalue weighted by Crippen LogP contribution is 2.20. The van der Waals surface area contributed by atoms with E-state index in [-0.39, 0.29) is 22.2 Å². The number of carbonyl (C=O) groups excluding carboxylic acids is 1. The zero-order chi connectivity index (χ0) is 23.4. The summed E-state index contributed by atoms with van der Waals surface area (Å²) >= 11 is 1.11. The molecule has 3 rings (SSSR count). The van der Waals surface area contributed by atoms with Crippen molar-refractivity contribution in [3.05, 3.63) is 76.7 Å². The maximum Gasteiger partial charge on any atom is 0.271 e. The summed E-state index contributed by atoms with van der Waals surface area (Å²) in [5.41, 5.74) is 2.13. The number of aryl methyl sites for hydroxylation is 2. The molecule has 0 saturated heterocycles. The van der Waals surface area contributed by atoms with E-state index >= 15 is 0 Å². The Morgan fingerprint density at radius 2 is 1.62 bits per heavy atom. The summed E-state index contributed by atoms with van der Waals surface area (Å²) in [6, 6.07) is 14.3. The maximum atomic E-state index is 12.5. The Morgan fingerprint density at radius 1 is 0.906 bits per heavy atom. The van der Waals surface area contributed by atoms with Crippen LogP contribution in [0.4, 0.5) is 5.69 Å². The molecule has 8 nitrogen and oxygen atoms in total. The summed E-state index contributed by atoms with van der Waals surface area (Å²) in [6.07, 6.45) is 0. The van der Waals surface area contributed by atoms with Gasteiger partial charge in [-0.25, -0.2) is 21.6 Å². The first-order valence-corrected chi connectivity index (χ1v) is 13.4. The smallest absolute Gasteiger partial charge is 0.271 e. The van der Waals surface area contributed by atoms with E-state index in [1.807, 2.05) is 13.0 Å². The van der Waals surface area contributed by atoms with Crippen molar-refractivity contribution in [2.45, 2.75) is 23.0 Å². The molecule has 11 heteroatoms. The van der Waals surface area contributed by atoms with Crippen LogP contribution in [0.25, 0.3) is 0 Å². The zero-order valence-corrected chi connectivity index (χ0v) is 19.9. The van der Waals surface area contributed by atoms with E-state index in [0.717, 1.165) is 16.9 Å². The monoisotopic (exact) mass is 493 g/mol. The summed E-state index contributed by atoms with van der Waals surface area (Å²) in [5, 5.41) is 4.31. The lowest BCUT2D eigenvalue weighted by atomic mass is 10.2. The van der Waals surface area contributed by atoms with Crippen LogP contribution in [0.5, 0.6) is 0 Å². The van der Waals surface area contributed by atoms with Crippen LogP contribution in [0, 0.1) is 13.8 Å². The third-order valence-corrected chi connectivity index (χ3v) is 8.88. The largest absolute Gasteiger partial charge is 0.351 e. The van der Waals surface area contributed by atoms with Crippen molar-refractivity contribution >= 4 is 43.0 Å². The molecular formula is C21H23N3O5S3. The molecule has 170 valence electrons. The number of nitrogens with one attached hydrogen (secondary N) is 3. The maximum absolute atomic E-state index is 12.5. The van der Waals surface area contributed by atoms with Crippen molar-refractivity contribution in [3.8, 4) is 0 Å². The van der Waals surface area contributed by atoms with Crippen LogP contribution in [0.15, 0.2) is 69.1 Å². The van der Waals surface area contributed by atoms with Crippen molar-refractivity contribution in [3.63, 3.8) is 0 Å². The molecular weight excluding hydrogens is 470 g/mol. The second-order valence-corrected chi connectivity index (χ2v) is 11.6. The predicted octanol–water partition coefficient (Wildman–Crippen LogP) is 2.87. The number of benzene rings is 2. The molecule has 0 radical (unpaired) electrons. The summed E-state index contributed by atoms with van der Waals surface area (Å²) in [6.45, 7) is 3.66. The fraction of sp³-hybridized carbons (Fsp3) is 0.190. The Labute approximate surface area is 191 Å². The number of rotatable bonds is 9. The molecule has 0 aliphatic carbocycles. The summed E-state index contributed by atoms with van der Waals surface area (Å²) in [4.78, 5) is 12.5. The highest BCUT2D eigenvalue weighted by Gasteiger charge is 2.17. The molecule has 0 saturated carbocycles. The molecule has 0 atom stereocenters. The Morgan fingerprint density at radius 3 is 2.28 bits per heavy atom. The SMILES string of the molecule is Cc1ccc(C)c(S(=O)(=O)NCCNC(=O)c2ccc(NS(=O)(=O)c3cccs3)cc2)c1. The van der Waals surface area contributed by atoms with Gasteiger partial charge in [0.15, 0.2) is 0 Å². The van der Waals surface area contributed by atoms with Crippen molar-refractivity contribution in [1.29, 1.82) is 0 Å². The molecule has 1 amide bonds. The molecule has 0 unspecified atom stereocenters. The first kappa shape index (κ1) is 23.9. The Kier molecular flexibility index (Phi) is 7.34. The lowest BCUT2D eigenvalue weighted by Gasteiger charge is -2.11. The minimum atomic E-state index is -3.68. The van der Waals surface area contributed by atoms with Gasteiger partial charge in [-0.15, -0.1) is 11.3 Å². The van der Waals surface area contributed by atoms with Crippen LogP contribution in [0.3, 0.4) is 0 Å². The number of amides is 1. The van der Waals surface area contributed by atoms with Crippen LogP contribution in [0.1, 0.15) is 21.5 Å². The second-order valence-electron chi connectivity index (χ2n) is 7.04. The first-order valence-electron chi connectivity index (χ1n) is 9.60. The Balaban J connectivity index is 1.52. The lowest BCUT2D eigenvalue weighted by molar-refractivity contribution is 0.0954. The molecule has 3 N–H and O–H groups in total. The molecule has 0 spiro atoms. The molecule has 1 heterocycles. The van der Waals surface area contributed by atoms with Gasteiger partial charge in [0.2, 0.25) is 10.0 Å². The van der Waals surface area contributed by atoms with Gasteiger partial charge in [-0.3, -0.25) is 9.52 Å². The van der Waals surface area contributed by atoms with E-state index in [1.165, 1.54) is 30.3 Å². The first-order chi connectivity index (χ1) is 15.1. The van der Waals surface area contributed by atoms with Crippen molar-refractivity contribution in [2.24, 2.45) is 0 Å². The average Bonchev–Trinajstić information content (AvgIpc) is 3.29. The van der Waals surface area contributed by atoms with E-state index in [4.69, 9.17) is 0 Å². The van der Waals surface area contributed by atoms with E-state index < -0.39 is 26.0 Å². The Bertz CT molecular complexity index is 1300. The second kappa shape index (κ2) is 9.82. The van der Waals surface area contributed by atoms with Gasteiger partial charge >= 0.3 is 0 Å². The van der Waals surface area contributed by atoms with Crippen molar-refractivity contribution in [2.75, 3.05) is 17.8 Å². The molecule has 3 aromatic rings. The van der Waals surface area contributed by atoms with Crippen LogP contribution in [0.2, 0.25) is 0 Å². The summed E-state index contributed by atoms with van der Waals surface area (Å²) < 4.78 is 54.6. The number of sulfonamides is 2. The number of thiophene rings is 1. The molecule has 0 fully saturated rings. The van der Waals surface area contributed by atoms with Crippen LogP contribution in [-0.2, 0) is 20.0 Å². The number of hydrogen-bond acceptors (Lipinski definition) is 6. The quantitative estimate of drug-likeness (QED) is 0.396. The van der Waals surface area contributed by atoms with Crippen molar-refractivity contribution in [1.82, 2.24) is 10.0 Å². The standard InChI is InChI=1S/C21H23N3O5S3/c1-15-5-6-16(2)19(14-15)31(26,27)23-12-11-22-21(25)17-7-9-18(10-8-17)24-32(28,29)20-4-3-13-30-20/h3-10,13-14,23-24H,11-12H2,1-2H3,(H,22,25). The van der Waals surface area contributed by atoms with E-state index in [2.05, 4.69) is 14.8 Å². The molecule has 0 aliphatic rings. The van der Waals surface area contributed by atoms with E-state index in [9.17, 15) is 21.6 Å². The Hall–Kier alpha value is -2.73. The van der Waals surface area contributed by atoms with Gasteiger partial charge < -0.3 is 5.32 Å². The zero-order valence-electron chi connectivity index (χ0n) is 17.5. The van der Waals surface area contributed by atoms with Crippen LogP contribution >= 0.6 is 11.3 Å². The minimum absolute atomic E-state index is 0.0279. The fourth-order valence-corrected chi connectivity index (χ4v) is 6.26.